The first-order valence-electron chi connectivity index (χ1n) is 5.83. The van der Waals surface area contributed by atoms with Crippen molar-refractivity contribution >= 4 is 29.7 Å². The molecule has 3 N–H and O–H groups in total. The number of esters is 1. The summed E-state index contributed by atoms with van der Waals surface area (Å²) in [7, 11) is 0. The molecule has 7 heteroatoms. The molecule has 0 heterocycles. The molecule has 0 aliphatic heterocycles. The number of nitrogens with two attached hydrogens (primary N) is 1. The first-order chi connectivity index (χ1) is 9.38. The fourth-order valence-electron chi connectivity index (χ4n) is 1.36. The number of amides is 3. The first kappa shape index (κ1) is 16.0. The highest BCUT2D eigenvalue weighted by molar-refractivity contribution is 8.00. The van der Waals surface area contributed by atoms with E-state index < -0.39 is 24.5 Å². The number of imide groups is 1. The third kappa shape index (κ3) is 5.75. The van der Waals surface area contributed by atoms with Crippen molar-refractivity contribution in [2.45, 2.75) is 18.7 Å². The number of hydrogen-bond donors (Lipinski definition) is 2. The molecule has 1 rings (SSSR count). The second-order valence-corrected chi connectivity index (χ2v) is 5.15. The van der Waals surface area contributed by atoms with Gasteiger partial charge in [-0.3, -0.25) is 14.9 Å². The Hall–Kier alpha value is -2.02. The third-order valence-corrected chi connectivity index (χ3v) is 3.45. The quantitative estimate of drug-likeness (QED) is 0.627. The summed E-state index contributed by atoms with van der Waals surface area (Å²) >= 11 is 1.34. The van der Waals surface area contributed by atoms with Gasteiger partial charge in [-0.2, -0.15) is 0 Å². The topological polar surface area (TPSA) is 98.5 Å². The molecule has 0 aliphatic rings. The fraction of sp³-hybridized carbons (Fsp3) is 0.308. The summed E-state index contributed by atoms with van der Waals surface area (Å²) in [6.07, 6.45) is 0. The van der Waals surface area contributed by atoms with E-state index in [2.05, 4.69) is 0 Å². The lowest BCUT2D eigenvalue weighted by Gasteiger charge is -2.07. The van der Waals surface area contributed by atoms with Crippen LogP contribution in [0.4, 0.5) is 4.79 Å². The highest BCUT2D eigenvalue weighted by atomic mass is 32.2. The molecule has 0 atom stereocenters. The van der Waals surface area contributed by atoms with Gasteiger partial charge in [-0.05, 0) is 25.5 Å². The van der Waals surface area contributed by atoms with Crippen LogP contribution in [0.1, 0.15) is 11.1 Å². The smallest absolute Gasteiger partial charge is 0.318 e. The van der Waals surface area contributed by atoms with Crippen LogP contribution >= 0.6 is 11.8 Å². The maximum atomic E-state index is 11.5. The van der Waals surface area contributed by atoms with E-state index >= 15 is 0 Å². The zero-order chi connectivity index (χ0) is 15.1. The van der Waals surface area contributed by atoms with Gasteiger partial charge in [-0.15, -0.1) is 11.8 Å². The maximum Gasteiger partial charge on any atom is 0.318 e. The van der Waals surface area contributed by atoms with E-state index in [-0.39, 0.29) is 5.75 Å². The molecule has 0 unspecified atom stereocenters. The highest BCUT2D eigenvalue weighted by Crippen LogP contribution is 2.23. The Kier molecular flexibility index (Phi) is 6.05. The van der Waals surface area contributed by atoms with Crippen LogP contribution in [-0.4, -0.2) is 30.3 Å². The molecule has 0 fully saturated rings. The molecular formula is C13H16N2O4S. The van der Waals surface area contributed by atoms with E-state index in [1.54, 1.807) is 5.32 Å². The van der Waals surface area contributed by atoms with Gasteiger partial charge in [0.15, 0.2) is 6.61 Å². The summed E-state index contributed by atoms with van der Waals surface area (Å²) in [4.78, 5) is 33.9. The van der Waals surface area contributed by atoms with E-state index in [4.69, 9.17) is 10.5 Å². The van der Waals surface area contributed by atoms with Gasteiger partial charge in [0, 0.05) is 4.90 Å². The third-order valence-electron chi connectivity index (χ3n) is 2.32. The van der Waals surface area contributed by atoms with E-state index in [0.29, 0.717) is 0 Å². The van der Waals surface area contributed by atoms with Crippen molar-refractivity contribution in [2.24, 2.45) is 5.73 Å². The Bertz CT molecular complexity index is 531. The summed E-state index contributed by atoms with van der Waals surface area (Å²) < 4.78 is 4.72. The van der Waals surface area contributed by atoms with E-state index in [1.165, 1.54) is 11.8 Å². The largest absolute Gasteiger partial charge is 0.455 e. The number of aryl methyl sites for hydroxylation is 2. The van der Waals surface area contributed by atoms with Crippen LogP contribution in [0.5, 0.6) is 0 Å². The van der Waals surface area contributed by atoms with Crippen LogP contribution in [0.2, 0.25) is 0 Å². The molecule has 0 bridgehead atoms. The Morgan fingerprint density at radius 2 is 2.00 bits per heavy atom. The zero-order valence-corrected chi connectivity index (χ0v) is 12.1. The van der Waals surface area contributed by atoms with Crippen molar-refractivity contribution in [2.75, 3.05) is 12.4 Å². The van der Waals surface area contributed by atoms with Gasteiger partial charge < -0.3 is 10.5 Å². The maximum absolute atomic E-state index is 11.5. The summed E-state index contributed by atoms with van der Waals surface area (Å²) in [5.74, 6) is -1.19. The van der Waals surface area contributed by atoms with Gasteiger partial charge in [0.1, 0.15) is 0 Å². The van der Waals surface area contributed by atoms with Crippen LogP contribution in [0, 0.1) is 13.8 Å². The van der Waals surface area contributed by atoms with Crippen LogP contribution in [0.3, 0.4) is 0 Å². The van der Waals surface area contributed by atoms with E-state index in [1.807, 2.05) is 32.0 Å². The standard InChI is InChI=1S/C13H16N2O4S/c1-8-3-4-9(2)10(5-8)20-7-12(17)19-6-11(16)15-13(14)18/h3-5H,6-7H2,1-2H3,(H3,14,15,16,18). The molecule has 3 amide bonds. The van der Waals surface area contributed by atoms with Crippen LogP contribution in [0.15, 0.2) is 23.1 Å². The summed E-state index contributed by atoms with van der Waals surface area (Å²) in [6, 6.07) is 4.97. The van der Waals surface area contributed by atoms with Crippen molar-refractivity contribution in [3.8, 4) is 0 Å². The SMILES string of the molecule is Cc1ccc(C)c(SCC(=O)OCC(=O)NC(N)=O)c1. The number of carbonyl (C=O) groups is 3. The molecule has 0 aromatic heterocycles. The molecule has 0 saturated carbocycles. The number of rotatable bonds is 5. The average molecular weight is 296 g/mol. The lowest BCUT2D eigenvalue weighted by Crippen LogP contribution is -2.37. The van der Waals surface area contributed by atoms with Gasteiger partial charge in [-0.25, -0.2) is 4.79 Å². The molecule has 0 saturated heterocycles. The van der Waals surface area contributed by atoms with Crippen molar-refractivity contribution in [3.05, 3.63) is 29.3 Å². The van der Waals surface area contributed by atoms with Gasteiger partial charge in [-0.1, -0.05) is 17.7 Å². The number of urea groups is 1. The van der Waals surface area contributed by atoms with Gasteiger partial charge in [0.05, 0.1) is 5.75 Å². The Morgan fingerprint density at radius 3 is 2.65 bits per heavy atom. The zero-order valence-electron chi connectivity index (χ0n) is 11.3. The minimum atomic E-state index is -0.976. The molecule has 1 aromatic rings. The lowest BCUT2D eigenvalue weighted by molar-refractivity contribution is -0.145. The van der Waals surface area contributed by atoms with Crippen LogP contribution in [0.25, 0.3) is 0 Å². The predicted octanol–water partition coefficient (Wildman–Crippen LogP) is 1.13. The minimum absolute atomic E-state index is 0.0914. The normalized spacial score (nSPS) is 9.90. The second kappa shape index (κ2) is 7.54. The number of primary amides is 1. The highest BCUT2D eigenvalue weighted by Gasteiger charge is 2.10. The molecule has 0 spiro atoms. The fourth-order valence-corrected chi connectivity index (χ4v) is 2.28. The summed E-state index contributed by atoms with van der Waals surface area (Å²) in [5, 5.41) is 1.80. The van der Waals surface area contributed by atoms with Gasteiger partial charge in [0.2, 0.25) is 0 Å². The average Bonchev–Trinajstić information content (AvgIpc) is 2.36. The van der Waals surface area contributed by atoms with Crippen molar-refractivity contribution in [1.82, 2.24) is 5.32 Å². The van der Waals surface area contributed by atoms with E-state index in [0.717, 1.165) is 16.0 Å². The van der Waals surface area contributed by atoms with Crippen LogP contribution < -0.4 is 11.1 Å². The summed E-state index contributed by atoms with van der Waals surface area (Å²) in [6.45, 7) is 3.40. The van der Waals surface area contributed by atoms with Crippen molar-refractivity contribution in [3.63, 3.8) is 0 Å². The number of ether oxygens (including phenoxy) is 1. The Labute approximate surface area is 121 Å². The molecule has 108 valence electrons. The summed E-state index contributed by atoms with van der Waals surface area (Å²) in [5.41, 5.74) is 6.92. The molecular weight excluding hydrogens is 280 g/mol. The predicted molar refractivity (Wildman–Crippen MR) is 75.3 cm³/mol. The minimum Gasteiger partial charge on any atom is -0.455 e. The molecule has 20 heavy (non-hydrogen) atoms. The second-order valence-electron chi connectivity index (χ2n) is 4.13. The number of nitrogens with one attached hydrogen (secondary N) is 1. The molecule has 1 aromatic carbocycles. The number of hydrogen-bond acceptors (Lipinski definition) is 5. The number of carbonyl (C=O) groups excluding carboxylic acids is 3. The number of benzene rings is 1. The Balaban J connectivity index is 2.38. The van der Waals surface area contributed by atoms with Gasteiger partial charge >= 0.3 is 12.0 Å². The first-order valence-corrected chi connectivity index (χ1v) is 6.82. The monoisotopic (exact) mass is 296 g/mol. The molecule has 0 radical (unpaired) electrons. The lowest BCUT2D eigenvalue weighted by atomic mass is 10.2. The van der Waals surface area contributed by atoms with Crippen LogP contribution in [-0.2, 0) is 14.3 Å². The van der Waals surface area contributed by atoms with Crippen molar-refractivity contribution < 1.29 is 19.1 Å². The number of thioether (sulfide) groups is 1. The molecule has 6 nitrogen and oxygen atoms in total. The Morgan fingerprint density at radius 1 is 1.30 bits per heavy atom. The van der Waals surface area contributed by atoms with Crippen molar-refractivity contribution in [1.29, 1.82) is 0 Å². The van der Waals surface area contributed by atoms with Gasteiger partial charge in [0.25, 0.3) is 5.91 Å². The van der Waals surface area contributed by atoms with E-state index in [9.17, 15) is 14.4 Å². The molecule has 0 aliphatic carbocycles.